The van der Waals surface area contributed by atoms with Crippen molar-refractivity contribution in [3.63, 3.8) is 0 Å². The highest BCUT2D eigenvalue weighted by Gasteiger charge is 2.18. The van der Waals surface area contributed by atoms with Crippen LogP contribution in [-0.2, 0) is 11.2 Å². The van der Waals surface area contributed by atoms with Crippen LogP contribution in [0.1, 0.15) is 12.0 Å². The van der Waals surface area contributed by atoms with Crippen LogP contribution in [0, 0.1) is 11.6 Å². The molecule has 88 valence electrons. The van der Waals surface area contributed by atoms with Gasteiger partial charge in [-0.2, -0.15) is 4.39 Å². The third-order valence-electron chi connectivity index (χ3n) is 2.00. The number of rotatable bonds is 4. The van der Waals surface area contributed by atoms with E-state index in [0.717, 1.165) is 0 Å². The molecular formula is C10H9ClF2O3. The molecule has 0 aromatic heterocycles. The summed E-state index contributed by atoms with van der Waals surface area (Å²) >= 11 is 5.64. The lowest BCUT2D eigenvalue weighted by atomic mass is 10.1. The fraction of sp³-hybridized carbons (Fsp3) is 0.300. The number of hydrogen-bond acceptors (Lipinski definition) is 2. The van der Waals surface area contributed by atoms with Crippen LogP contribution in [0.2, 0.25) is 5.02 Å². The summed E-state index contributed by atoms with van der Waals surface area (Å²) in [6.07, 6.45) is -0.416. The number of aryl methyl sites for hydroxylation is 1. The van der Waals surface area contributed by atoms with Gasteiger partial charge in [0.15, 0.2) is 11.6 Å². The van der Waals surface area contributed by atoms with Gasteiger partial charge in [0, 0.05) is 6.42 Å². The van der Waals surface area contributed by atoms with E-state index in [0.29, 0.717) is 0 Å². The third kappa shape index (κ3) is 2.61. The molecule has 0 bridgehead atoms. The molecule has 0 aliphatic carbocycles. The van der Waals surface area contributed by atoms with E-state index in [1.165, 1.54) is 13.2 Å². The molecule has 0 atom stereocenters. The van der Waals surface area contributed by atoms with Crippen molar-refractivity contribution in [3.05, 3.63) is 28.3 Å². The van der Waals surface area contributed by atoms with Crippen LogP contribution in [0.4, 0.5) is 8.78 Å². The lowest BCUT2D eigenvalue weighted by Crippen LogP contribution is -2.03. The molecule has 0 saturated carbocycles. The second-order valence-corrected chi connectivity index (χ2v) is 3.48. The Kier molecular flexibility index (Phi) is 4.06. The molecule has 3 nitrogen and oxygen atoms in total. The maximum Gasteiger partial charge on any atom is 0.303 e. The molecule has 0 spiro atoms. The van der Waals surface area contributed by atoms with E-state index in [2.05, 4.69) is 4.74 Å². The molecule has 0 aliphatic heterocycles. The zero-order chi connectivity index (χ0) is 12.3. The van der Waals surface area contributed by atoms with Crippen molar-refractivity contribution in [2.45, 2.75) is 12.8 Å². The highest BCUT2D eigenvalue weighted by Crippen LogP contribution is 2.31. The topological polar surface area (TPSA) is 46.5 Å². The molecule has 1 rings (SSSR count). The summed E-state index contributed by atoms with van der Waals surface area (Å²) in [5, 5.41) is 8.35. The smallest absolute Gasteiger partial charge is 0.303 e. The van der Waals surface area contributed by atoms with Gasteiger partial charge < -0.3 is 9.84 Å². The molecule has 0 radical (unpaired) electrons. The average Bonchev–Trinajstić information content (AvgIpc) is 2.22. The van der Waals surface area contributed by atoms with Crippen LogP contribution >= 0.6 is 11.6 Å². The first-order valence-electron chi connectivity index (χ1n) is 4.39. The zero-order valence-corrected chi connectivity index (χ0v) is 9.15. The van der Waals surface area contributed by atoms with Crippen LogP contribution in [-0.4, -0.2) is 18.2 Å². The first-order valence-corrected chi connectivity index (χ1v) is 4.77. The minimum Gasteiger partial charge on any atom is -0.492 e. The minimum atomic E-state index is -1.20. The number of aliphatic carboxylic acids is 1. The van der Waals surface area contributed by atoms with Crippen molar-refractivity contribution in [2.75, 3.05) is 7.11 Å². The molecule has 0 heterocycles. The second kappa shape index (κ2) is 5.12. The van der Waals surface area contributed by atoms with Gasteiger partial charge in [0.25, 0.3) is 0 Å². The first kappa shape index (κ1) is 12.7. The Bertz CT molecular complexity index is 421. The number of hydrogen-bond donors (Lipinski definition) is 1. The number of benzene rings is 1. The van der Waals surface area contributed by atoms with Gasteiger partial charge in [-0.15, -0.1) is 0 Å². The van der Waals surface area contributed by atoms with E-state index in [1.807, 2.05) is 0 Å². The second-order valence-electron chi connectivity index (χ2n) is 3.07. The molecule has 1 aromatic rings. The molecule has 16 heavy (non-hydrogen) atoms. The SMILES string of the molecule is COc1c(Cl)cc(CCC(=O)O)c(F)c1F. The van der Waals surface area contributed by atoms with Gasteiger partial charge in [-0.3, -0.25) is 4.79 Å². The van der Waals surface area contributed by atoms with Gasteiger partial charge >= 0.3 is 5.97 Å². The Morgan fingerprint density at radius 3 is 2.62 bits per heavy atom. The summed E-state index contributed by atoms with van der Waals surface area (Å²) in [5.41, 5.74) is -0.0781. The van der Waals surface area contributed by atoms with Crippen molar-refractivity contribution < 1.29 is 23.4 Å². The number of halogens is 3. The normalized spacial score (nSPS) is 10.2. The lowest BCUT2D eigenvalue weighted by molar-refractivity contribution is -0.136. The Hall–Kier alpha value is -1.36. The van der Waals surface area contributed by atoms with E-state index in [1.54, 1.807) is 0 Å². The van der Waals surface area contributed by atoms with Gasteiger partial charge in [-0.1, -0.05) is 11.6 Å². The largest absolute Gasteiger partial charge is 0.492 e. The number of carboxylic acids is 1. The van der Waals surface area contributed by atoms with Crippen LogP contribution in [0.3, 0.4) is 0 Å². The minimum absolute atomic E-state index is 0.0781. The van der Waals surface area contributed by atoms with Crippen LogP contribution in [0.25, 0.3) is 0 Å². The van der Waals surface area contributed by atoms with Gasteiger partial charge in [0.2, 0.25) is 5.82 Å². The molecule has 0 saturated heterocycles. The molecular weight excluding hydrogens is 242 g/mol. The molecule has 6 heteroatoms. The summed E-state index contributed by atoms with van der Waals surface area (Å²) in [6.45, 7) is 0. The fourth-order valence-corrected chi connectivity index (χ4v) is 1.53. The molecule has 0 amide bonds. The predicted octanol–water partition coefficient (Wildman–Crippen LogP) is 2.64. The number of ether oxygens (including phenoxy) is 1. The molecule has 1 N–H and O–H groups in total. The maximum atomic E-state index is 13.4. The highest BCUT2D eigenvalue weighted by molar-refractivity contribution is 6.32. The molecule has 1 aromatic carbocycles. The third-order valence-corrected chi connectivity index (χ3v) is 2.28. The van der Waals surface area contributed by atoms with E-state index < -0.39 is 17.6 Å². The monoisotopic (exact) mass is 250 g/mol. The van der Waals surface area contributed by atoms with Gasteiger partial charge in [0.05, 0.1) is 12.1 Å². The summed E-state index contributed by atoms with van der Waals surface area (Å²) in [6, 6.07) is 1.17. The molecule has 0 unspecified atom stereocenters. The zero-order valence-electron chi connectivity index (χ0n) is 8.39. The van der Waals surface area contributed by atoms with Gasteiger partial charge in [0.1, 0.15) is 0 Å². The van der Waals surface area contributed by atoms with Crippen molar-refractivity contribution >= 4 is 17.6 Å². The average molecular weight is 251 g/mol. The summed E-state index contributed by atoms with van der Waals surface area (Å²) in [4.78, 5) is 10.3. The van der Waals surface area contributed by atoms with Crippen LogP contribution in [0.5, 0.6) is 5.75 Å². The quantitative estimate of drug-likeness (QED) is 0.836. The van der Waals surface area contributed by atoms with E-state index in [4.69, 9.17) is 16.7 Å². The Morgan fingerprint density at radius 1 is 1.50 bits per heavy atom. The van der Waals surface area contributed by atoms with E-state index >= 15 is 0 Å². The summed E-state index contributed by atoms with van der Waals surface area (Å²) in [5.74, 6) is -3.79. The van der Waals surface area contributed by atoms with Gasteiger partial charge in [-0.25, -0.2) is 4.39 Å². The van der Waals surface area contributed by atoms with Crippen LogP contribution in [0.15, 0.2) is 6.07 Å². The van der Waals surface area contributed by atoms with Crippen molar-refractivity contribution in [2.24, 2.45) is 0 Å². The first-order chi connectivity index (χ1) is 7.47. The van der Waals surface area contributed by atoms with Crippen molar-refractivity contribution in [3.8, 4) is 5.75 Å². The standard InChI is InChI=1S/C10H9ClF2O3/c1-16-10-6(11)4-5(2-3-7(14)15)8(12)9(10)13/h4H,2-3H2,1H3,(H,14,15). The van der Waals surface area contributed by atoms with E-state index in [9.17, 15) is 13.6 Å². The Balaban J connectivity index is 3.08. The van der Waals surface area contributed by atoms with Gasteiger partial charge in [-0.05, 0) is 18.1 Å². The summed E-state index contributed by atoms with van der Waals surface area (Å²) in [7, 11) is 1.17. The highest BCUT2D eigenvalue weighted by atomic mass is 35.5. The predicted molar refractivity (Wildman–Crippen MR) is 53.9 cm³/mol. The molecule has 0 fully saturated rings. The number of carboxylic acid groups (broad SMARTS) is 1. The van der Waals surface area contributed by atoms with Crippen LogP contribution < -0.4 is 4.74 Å². The van der Waals surface area contributed by atoms with Crippen molar-refractivity contribution in [1.29, 1.82) is 0 Å². The number of carbonyl (C=O) groups is 1. The lowest BCUT2D eigenvalue weighted by Gasteiger charge is -2.08. The Labute approximate surface area is 95.6 Å². The molecule has 0 aliphatic rings. The van der Waals surface area contributed by atoms with Crippen molar-refractivity contribution in [1.82, 2.24) is 0 Å². The van der Waals surface area contributed by atoms with E-state index in [-0.39, 0.29) is 29.2 Å². The number of methoxy groups -OCH3 is 1. The fourth-order valence-electron chi connectivity index (χ4n) is 1.24. The maximum absolute atomic E-state index is 13.4. The Morgan fingerprint density at radius 2 is 2.12 bits per heavy atom. The summed E-state index contributed by atoms with van der Waals surface area (Å²) < 4.78 is 31.3.